The molecule has 2 atom stereocenters. The summed E-state index contributed by atoms with van der Waals surface area (Å²) >= 11 is 0. The first-order chi connectivity index (χ1) is 7.80. The van der Waals surface area contributed by atoms with Crippen molar-refractivity contribution in [2.24, 2.45) is 5.16 Å². The molecular weight excluding hydrogens is 204 g/mol. The van der Waals surface area contributed by atoms with Crippen molar-refractivity contribution in [3.8, 4) is 0 Å². The van der Waals surface area contributed by atoms with Crippen LogP contribution in [0.1, 0.15) is 39.5 Å². The number of piperidine rings is 1. The van der Waals surface area contributed by atoms with E-state index < -0.39 is 0 Å². The zero-order chi connectivity index (χ0) is 11.5. The standard InChI is InChI=1S/C12H22N2O2/c1-3-10(4-2)14-11-5-9(13-15)6-12(14)8-16-7-11/h10-12,15H,3-8H2,1-2H3. The maximum Gasteiger partial charge on any atom is 0.0626 e. The van der Waals surface area contributed by atoms with Crippen LogP contribution < -0.4 is 0 Å². The molecule has 2 fully saturated rings. The lowest BCUT2D eigenvalue weighted by Gasteiger charge is -2.49. The third-order valence-electron chi connectivity index (χ3n) is 3.91. The molecule has 2 saturated heterocycles. The van der Waals surface area contributed by atoms with Crippen LogP contribution in [0.5, 0.6) is 0 Å². The van der Waals surface area contributed by atoms with Gasteiger partial charge in [0, 0.05) is 31.0 Å². The van der Waals surface area contributed by atoms with E-state index in [0.717, 1.165) is 31.8 Å². The van der Waals surface area contributed by atoms with Crippen molar-refractivity contribution in [1.29, 1.82) is 0 Å². The Kier molecular flexibility index (Phi) is 3.82. The molecule has 0 amide bonds. The molecule has 0 radical (unpaired) electrons. The van der Waals surface area contributed by atoms with Gasteiger partial charge in [-0.2, -0.15) is 0 Å². The van der Waals surface area contributed by atoms with Crippen LogP contribution in [0.25, 0.3) is 0 Å². The zero-order valence-corrected chi connectivity index (χ0v) is 10.2. The van der Waals surface area contributed by atoms with E-state index in [9.17, 15) is 0 Å². The monoisotopic (exact) mass is 226 g/mol. The lowest BCUT2D eigenvalue weighted by atomic mass is 9.89. The van der Waals surface area contributed by atoms with Crippen molar-refractivity contribution in [2.45, 2.75) is 57.7 Å². The molecule has 1 N–H and O–H groups in total. The second kappa shape index (κ2) is 5.15. The fraction of sp³-hybridized carbons (Fsp3) is 0.917. The summed E-state index contributed by atoms with van der Waals surface area (Å²) < 4.78 is 5.62. The molecule has 0 aromatic carbocycles. The Balaban J connectivity index is 2.14. The minimum Gasteiger partial charge on any atom is -0.411 e. The maximum atomic E-state index is 8.91. The van der Waals surface area contributed by atoms with Gasteiger partial charge in [-0.1, -0.05) is 19.0 Å². The first kappa shape index (κ1) is 11.9. The average Bonchev–Trinajstić information content (AvgIpc) is 2.30. The summed E-state index contributed by atoms with van der Waals surface area (Å²) in [5.41, 5.74) is 0.945. The van der Waals surface area contributed by atoms with E-state index >= 15 is 0 Å². The van der Waals surface area contributed by atoms with Crippen LogP contribution in [-0.2, 0) is 4.74 Å². The molecular formula is C12H22N2O2. The predicted octanol–water partition coefficient (Wildman–Crippen LogP) is 1.87. The van der Waals surface area contributed by atoms with Gasteiger partial charge in [0.1, 0.15) is 0 Å². The van der Waals surface area contributed by atoms with Crippen molar-refractivity contribution in [3.05, 3.63) is 0 Å². The van der Waals surface area contributed by atoms with Crippen molar-refractivity contribution < 1.29 is 9.94 Å². The number of morpholine rings is 1. The molecule has 2 heterocycles. The molecule has 92 valence electrons. The van der Waals surface area contributed by atoms with Crippen LogP contribution in [0.15, 0.2) is 5.16 Å². The normalized spacial score (nSPS) is 30.8. The maximum absolute atomic E-state index is 8.91. The predicted molar refractivity (Wildman–Crippen MR) is 63.1 cm³/mol. The number of fused-ring (bicyclic) bond motifs is 2. The second-order valence-electron chi connectivity index (χ2n) is 4.84. The molecule has 0 saturated carbocycles. The van der Waals surface area contributed by atoms with Crippen LogP contribution in [0.2, 0.25) is 0 Å². The molecule has 0 aromatic heterocycles. The summed E-state index contributed by atoms with van der Waals surface area (Å²) in [6.07, 6.45) is 4.11. The van der Waals surface area contributed by atoms with Crippen molar-refractivity contribution >= 4 is 5.71 Å². The highest BCUT2D eigenvalue weighted by molar-refractivity contribution is 5.86. The summed E-state index contributed by atoms with van der Waals surface area (Å²) in [7, 11) is 0. The van der Waals surface area contributed by atoms with Gasteiger partial charge in [0.15, 0.2) is 0 Å². The highest BCUT2D eigenvalue weighted by Crippen LogP contribution is 2.30. The third kappa shape index (κ3) is 2.09. The van der Waals surface area contributed by atoms with Crippen LogP contribution >= 0.6 is 0 Å². The first-order valence-corrected chi connectivity index (χ1v) is 6.35. The molecule has 2 aliphatic rings. The van der Waals surface area contributed by atoms with E-state index in [1.807, 2.05) is 0 Å². The number of hydrogen-bond acceptors (Lipinski definition) is 4. The fourth-order valence-electron chi connectivity index (χ4n) is 3.15. The topological polar surface area (TPSA) is 45.1 Å². The molecule has 0 aliphatic carbocycles. The molecule has 2 aliphatic heterocycles. The Bertz CT molecular complexity index is 248. The Labute approximate surface area is 97.3 Å². The number of ether oxygens (including phenoxy) is 1. The van der Waals surface area contributed by atoms with Crippen LogP contribution in [0.3, 0.4) is 0 Å². The summed E-state index contributed by atoms with van der Waals surface area (Å²) in [4.78, 5) is 2.61. The van der Waals surface area contributed by atoms with E-state index in [2.05, 4.69) is 23.9 Å². The molecule has 0 aromatic rings. The van der Waals surface area contributed by atoms with Gasteiger partial charge in [-0.3, -0.25) is 4.90 Å². The quantitative estimate of drug-likeness (QED) is 0.590. The fourth-order valence-corrected chi connectivity index (χ4v) is 3.15. The Hall–Kier alpha value is -0.610. The van der Waals surface area contributed by atoms with Gasteiger partial charge in [-0.25, -0.2) is 0 Å². The Morgan fingerprint density at radius 1 is 1.31 bits per heavy atom. The number of rotatable bonds is 3. The number of oxime groups is 1. The molecule has 0 spiro atoms. The molecule has 4 heteroatoms. The highest BCUT2D eigenvalue weighted by Gasteiger charge is 2.40. The Morgan fingerprint density at radius 3 is 2.31 bits per heavy atom. The lowest BCUT2D eigenvalue weighted by Crippen LogP contribution is -2.60. The van der Waals surface area contributed by atoms with E-state index in [-0.39, 0.29) is 0 Å². The van der Waals surface area contributed by atoms with Crippen LogP contribution in [0.4, 0.5) is 0 Å². The lowest BCUT2D eigenvalue weighted by molar-refractivity contribution is -0.0754. The van der Waals surface area contributed by atoms with Gasteiger partial charge in [0.25, 0.3) is 0 Å². The minimum absolute atomic E-state index is 0.420. The van der Waals surface area contributed by atoms with Crippen LogP contribution in [-0.4, -0.2) is 47.2 Å². The molecule has 4 nitrogen and oxygen atoms in total. The van der Waals surface area contributed by atoms with Crippen molar-refractivity contribution in [3.63, 3.8) is 0 Å². The average molecular weight is 226 g/mol. The third-order valence-corrected chi connectivity index (χ3v) is 3.91. The van der Waals surface area contributed by atoms with Gasteiger partial charge in [-0.05, 0) is 12.8 Å². The molecule has 2 bridgehead atoms. The van der Waals surface area contributed by atoms with E-state index in [4.69, 9.17) is 9.94 Å². The van der Waals surface area contributed by atoms with Gasteiger partial charge >= 0.3 is 0 Å². The number of nitrogens with zero attached hydrogens (tertiary/aromatic N) is 2. The number of hydrogen-bond donors (Lipinski definition) is 1. The summed E-state index contributed by atoms with van der Waals surface area (Å²) in [6.45, 7) is 6.07. The van der Waals surface area contributed by atoms with Crippen molar-refractivity contribution in [1.82, 2.24) is 4.90 Å². The Morgan fingerprint density at radius 2 is 1.88 bits per heavy atom. The molecule has 16 heavy (non-hydrogen) atoms. The summed E-state index contributed by atoms with van der Waals surface area (Å²) in [5, 5.41) is 12.3. The minimum atomic E-state index is 0.420. The highest BCUT2D eigenvalue weighted by atomic mass is 16.5. The first-order valence-electron chi connectivity index (χ1n) is 6.35. The van der Waals surface area contributed by atoms with Gasteiger partial charge < -0.3 is 9.94 Å². The SMILES string of the molecule is CCC(CC)N1C2COCC1CC(=NO)C2. The van der Waals surface area contributed by atoms with E-state index in [1.54, 1.807) is 0 Å². The van der Waals surface area contributed by atoms with Crippen LogP contribution in [0, 0.1) is 0 Å². The second-order valence-corrected chi connectivity index (χ2v) is 4.84. The summed E-state index contributed by atoms with van der Waals surface area (Å²) in [5.74, 6) is 0. The smallest absolute Gasteiger partial charge is 0.0626 e. The van der Waals surface area contributed by atoms with Gasteiger partial charge in [-0.15, -0.1) is 0 Å². The van der Waals surface area contributed by atoms with Gasteiger partial charge in [0.05, 0.1) is 18.9 Å². The van der Waals surface area contributed by atoms with E-state index in [0.29, 0.717) is 18.1 Å². The summed E-state index contributed by atoms with van der Waals surface area (Å²) in [6, 6.07) is 1.49. The zero-order valence-electron chi connectivity index (χ0n) is 10.2. The van der Waals surface area contributed by atoms with Crippen molar-refractivity contribution in [2.75, 3.05) is 13.2 Å². The van der Waals surface area contributed by atoms with Gasteiger partial charge in [0.2, 0.25) is 0 Å². The largest absolute Gasteiger partial charge is 0.411 e. The van der Waals surface area contributed by atoms with E-state index in [1.165, 1.54) is 12.8 Å². The molecule has 2 unspecified atom stereocenters. The molecule has 2 rings (SSSR count).